The molecule has 0 aliphatic heterocycles. The molecule has 0 aromatic heterocycles. The lowest BCUT2D eigenvalue weighted by atomic mass is 10.1. The zero-order valence-electron chi connectivity index (χ0n) is 9.66. The zero-order chi connectivity index (χ0) is 12.0. The number of benzene rings is 1. The van der Waals surface area contributed by atoms with Gasteiger partial charge in [0.05, 0.1) is 12.2 Å². The van der Waals surface area contributed by atoms with Crippen LogP contribution in [0.4, 0.5) is 5.69 Å². The molecular formula is C12H17NO2S. The van der Waals surface area contributed by atoms with Crippen molar-refractivity contribution in [2.75, 3.05) is 24.3 Å². The Labute approximate surface area is 100 Å². The predicted octanol–water partition coefficient (Wildman–Crippen LogP) is 2.60. The Hall–Kier alpha value is -1.16. The maximum absolute atomic E-state index is 11.4. The molecule has 16 heavy (non-hydrogen) atoms. The van der Waals surface area contributed by atoms with Crippen LogP contribution < -0.4 is 10.5 Å². The topological polar surface area (TPSA) is 52.3 Å². The van der Waals surface area contributed by atoms with Crippen molar-refractivity contribution in [1.82, 2.24) is 0 Å². The summed E-state index contributed by atoms with van der Waals surface area (Å²) < 4.78 is 5.57. The van der Waals surface area contributed by atoms with Crippen molar-refractivity contribution in [2.24, 2.45) is 0 Å². The van der Waals surface area contributed by atoms with E-state index in [0.29, 0.717) is 23.6 Å². The molecule has 0 unspecified atom stereocenters. The number of hydrogen-bond donors (Lipinski definition) is 1. The molecule has 0 spiro atoms. The summed E-state index contributed by atoms with van der Waals surface area (Å²) in [4.78, 5) is 11.4. The molecule has 0 atom stereocenters. The number of nitrogens with two attached hydrogens (primary N) is 1. The second kappa shape index (κ2) is 6.43. The van der Waals surface area contributed by atoms with Gasteiger partial charge in [0.25, 0.3) is 0 Å². The van der Waals surface area contributed by atoms with Gasteiger partial charge in [0.2, 0.25) is 0 Å². The number of ketones is 1. The van der Waals surface area contributed by atoms with Gasteiger partial charge in [-0.05, 0) is 43.6 Å². The fourth-order valence-corrected chi connectivity index (χ4v) is 1.74. The van der Waals surface area contributed by atoms with E-state index in [0.717, 1.165) is 12.2 Å². The Morgan fingerprint density at radius 1 is 1.50 bits per heavy atom. The van der Waals surface area contributed by atoms with E-state index in [2.05, 4.69) is 6.26 Å². The van der Waals surface area contributed by atoms with Crippen LogP contribution in [-0.4, -0.2) is 24.4 Å². The Morgan fingerprint density at radius 2 is 2.25 bits per heavy atom. The number of hydrogen-bond acceptors (Lipinski definition) is 4. The highest BCUT2D eigenvalue weighted by Gasteiger charge is 2.08. The highest BCUT2D eigenvalue weighted by molar-refractivity contribution is 7.98. The fourth-order valence-electron chi connectivity index (χ4n) is 1.33. The van der Waals surface area contributed by atoms with Crippen molar-refractivity contribution in [3.05, 3.63) is 23.8 Å². The molecule has 0 radical (unpaired) electrons. The van der Waals surface area contributed by atoms with Crippen LogP contribution in [0.3, 0.4) is 0 Å². The van der Waals surface area contributed by atoms with E-state index in [1.54, 1.807) is 30.0 Å². The first-order chi connectivity index (χ1) is 7.65. The number of carbonyl (C=O) groups excluding carboxylic acids is 1. The van der Waals surface area contributed by atoms with Crippen LogP contribution in [-0.2, 0) is 0 Å². The van der Waals surface area contributed by atoms with Crippen LogP contribution >= 0.6 is 11.8 Å². The first-order valence-electron chi connectivity index (χ1n) is 5.17. The molecular weight excluding hydrogens is 222 g/mol. The largest absolute Gasteiger partial charge is 0.493 e. The van der Waals surface area contributed by atoms with Crippen molar-refractivity contribution in [3.8, 4) is 5.75 Å². The monoisotopic (exact) mass is 239 g/mol. The second-order valence-electron chi connectivity index (χ2n) is 3.51. The minimum absolute atomic E-state index is 0.0211. The van der Waals surface area contributed by atoms with E-state index < -0.39 is 0 Å². The summed E-state index contributed by atoms with van der Waals surface area (Å²) in [5.41, 5.74) is 6.77. The molecule has 0 heterocycles. The third-order valence-electron chi connectivity index (χ3n) is 2.13. The minimum atomic E-state index is -0.0211. The van der Waals surface area contributed by atoms with E-state index >= 15 is 0 Å². The van der Waals surface area contributed by atoms with Gasteiger partial charge in [0.15, 0.2) is 5.78 Å². The molecule has 0 fully saturated rings. The number of nitrogen functional groups attached to an aromatic ring is 1. The molecule has 0 aliphatic carbocycles. The minimum Gasteiger partial charge on any atom is -0.493 e. The molecule has 1 rings (SSSR count). The molecule has 3 nitrogen and oxygen atoms in total. The predicted molar refractivity (Wildman–Crippen MR) is 69.4 cm³/mol. The smallest absolute Gasteiger partial charge is 0.163 e. The van der Waals surface area contributed by atoms with Gasteiger partial charge in [-0.25, -0.2) is 0 Å². The van der Waals surface area contributed by atoms with Gasteiger partial charge in [0.1, 0.15) is 5.75 Å². The summed E-state index contributed by atoms with van der Waals surface area (Å²) in [6.07, 6.45) is 3.03. The fraction of sp³-hybridized carbons (Fsp3) is 0.417. The summed E-state index contributed by atoms with van der Waals surface area (Å²) >= 11 is 1.78. The highest BCUT2D eigenvalue weighted by Crippen LogP contribution is 2.22. The molecule has 1 aromatic rings. The first kappa shape index (κ1) is 12.9. The SMILES string of the molecule is CSCCCOc1ccc(N)cc1C(C)=O. The third kappa shape index (κ3) is 3.77. The molecule has 0 saturated heterocycles. The van der Waals surface area contributed by atoms with Gasteiger partial charge in [-0.2, -0.15) is 11.8 Å². The maximum atomic E-state index is 11.4. The van der Waals surface area contributed by atoms with E-state index in [-0.39, 0.29) is 5.78 Å². The van der Waals surface area contributed by atoms with Crippen molar-refractivity contribution in [1.29, 1.82) is 0 Å². The van der Waals surface area contributed by atoms with Gasteiger partial charge in [0, 0.05) is 5.69 Å². The van der Waals surface area contributed by atoms with Crippen LogP contribution in [0.2, 0.25) is 0 Å². The standard InChI is InChI=1S/C12H17NO2S/c1-9(14)11-8-10(13)4-5-12(11)15-6-3-7-16-2/h4-5,8H,3,6-7,13H2,1-2H3. The van der Waals surface area contributed by atoms with Gasteiger partial charge in [-0.15, -0.1) is 0 Å². The average Bonchev–Trinajstić information content (AvgIpc) is 2.26. The first-order valence-corrected chi connectivity index (χ1v) is 6.56. The van der Waals surface area contributed by atoms with Crippen molar-refractivity contribution in [2.45, 2.75) is 13.3 Å². The highest BCUT2D eigenvalue weighted by atomic mass is 32.2. The summed E-state index contributed by atoms with van der Waals surface area (Å²) in [5, 5.41) is 0. The lowest BCUT2D eigenvalue weighted by molar-refractivity contribution is 0.101. The van der Waals surface area contributed by atoms with Crippen LogP contribution in [0.5, 0.6) is 5.75 Å². The number of Topliss-reactive ketones (excluding diaryl/α,β-unsaturated/α-hetero) is 1. The lowest BCUT2D eigenvalue weighted by Crippen LogP contribution is -2.04. The van der Waals surface area contributed by atoms with Crippen molar-refractivity contribution in [3.63, 3.8) is 0 Å². The van der Waals surface area contributed by atoms with Gasteiger partial charge in [-0.1, -0.05) is 0 Å². The Morgan fingerprint density at radius 3 is 2.88 bits per heavy atom. The van der Waals surface area contributed by atoms with E-state index in [1.165, 1.54) is 6.92 Å². The normalized spacial score (nSPS) is 10.1. The van der Waals surface area contributed by atoms with Crippen molar-refractivity contribution >= 4 is 23.2 Å². The number of anilines is 1. The maximum Gasteiger partial charge on any atom is 0.163 e. The quantitative estimate of drug-likeness (QED) is 0.471. The van der Waals surface area contributed by atoms with Gasteiger partial charge >= 0.3 is 0 Å². The molecule has 0 saturated carbocycles. The van der Waals surface area contributed by atoms with Crippen LogP contribution in [0, 0.1) is 0 Å². The van der Waals surface area contributed by atoms with Gasteiger partial charge < -0.3 is 10.5 Å². The summed E-state index contributed by atoms with van der Waals surface area (Å²) in [6.45, 7) is 2.15. The number of ether oxygens (including phenoxy) is 1. The average molecular weight is 239 g/mol. The number of rotatable bonds is 6. The molecule has 4 heteroatoms. The third-order valence-corrected chi connectivity index (χ3v) is 2.83. The van der Waals surface area contributed by atoms with Crippen LogP contribution in [0.25, 0.3) is 0 Å². The Balaban J connectivity index is 2.67. The van der Waals surface area contributed by atoms with Crippen LogP contribution in [0.15, 0.2) is 18.2 Å². The molecule has 2 N–H and O–H groups in total. The lowest BCUT2D eigenvalue weighted by Gasteiger charge is -2.10. The molecule has 0 bridgehead atoms. The summed E-state index contributed by atoms with van der Waals surface area (Å²) in [6, 6.07) is 5.16. The molecule has 0 amide bonds. The summed E-state index contributed by atoms with van der Waals surface area (Å²) in [5.74, 6) is 1.67. The number of thioether (sulfide) groups is 1. The van der Waals surface area contributed by atoms with Crippen molar-refractivity contribution < 1.29 is 9.53 Å². The molecule has 88 valence electrons. The Kier molecular flexibility index (Phi) is 5.19. The van der Waals surface area contributed by atoms with Gasteiger partial charge in [-0.3, -0.25) is 4.79 Å². The Bertz CT molecular complexity index is 366. The zero-order valence-corrected chi connectivity index (χ0v) is 10.5. The van der Waals surface area contributed by atoms with E-state index in [1.807, 2.05) is 0 Å². The second-order valence-corrected chi connectivity index (χ2v) is 4.49. The molecule has 1 aromatic carbocycles. The van der Waals surface area contributed by atoms with E-state index in [9.17, 15) is 4.79 Å². The van der Waals surface area contributed by atoms with Crippen LogP contribution in [0.1, 0.15) is 23.7 Å². The number of carbonyl (C=O) groups is 1. The summed E-state index contributed by atoms with van der Waals surface area (Å²) in [7, 11) is 0. The molecule has 0 aliphatic rings. The van der Waals surface area contributed by atoms with E-state index in [4.69, 9.17) is 10.5 Å².